The van der Waals surface area contributed by atoms with Crippen LogP contribution in [-0.4, -0.2) is 27.4 Å². The van der Waals surface area contributed by atoms with Crippen LogP contribution in [-0.2, 0) is 14.6 Å². The Balaban J connectivity index is 2.71. The predicted octanol–water partition coefficient (Wildman–Crippen LogP) is 2.02. The largest absolute Gasteiger partial charge is 0.399 e. The van der Waals surface area contributed by atoms with Gasteiger partial charge >= 0.3 is 0 Å². The Bertz CT molecular complexity index is 495. The zero-order chi connectivity index (χ0) is 13.8. The number of hydrogen-bond acceptors (Lipinski definition) is 4. The van der Waals surface area contributed by atoms with Gasteiger partial charge in [-0.05, 0) is 30.5 Å². The molecule has 102 valence electrons. The Kier molecular flexibility index (Phi) is 5.16. The lowest BCUT2D eigenvalue weighted by molar-refractivity contribution is 0.123. The molecule has 0 aromatic heterocycles. The number of aryl methyl sites for hydroxylation is 1. The summed E-state index contributed by atoms with van der Waals surface area (Å²) in [7, 11) is -3.32. The lowest BCUT2D eigenvalue weighted by Gasteiger charge is -2.10. The third kappa shape index (κ3) is 4.31. The monoisotopic (exact) mass is 271 g/mol. The van der Waals surface area contributed by atoms with Gasteiger partial charge in [-0.2, -0.15) is 0 Å². The first kappa shape index (κ1) is 15.0. The van der Waals surface area contributed by atoms with Crippen LogP contribution in [0.1, 0.15) is 19.4 Å². The van der Waals surface area contributed by atoms with Crippen LogP contribution < -0.4 is 5.73 Å². The van der Waals surface area contributed by atoms with E-state index in [0.29, 0.717) is 28.7 Å². The van der Waals surface area contributed by atoms with Gasteiger partial charge < -0.3 is 10.5 Å². The summed E-state index contributed by atoms with van der Waals surface area (Å²) >= 11 is 0. The van der Waals surface area contributed by atoms with E-state index in [4.69, 9.17) is 10.5 Å². The van der Waals surface area contributed by atoms with Crippen LogP contribution in [0.15, 0.2) is 23.1 Å². The Labute approximate surface area is 109 Å². The minimum absolute atomic E-state index is 0.00991. The maximum Gasteiger partial charge on any atom is 0.180 e. The molecule has 18 heavy (non-hydrogen) atoms. The summed E-state index contributed by atoms with van der Waals surface area (Å²) in [6, 6.07) is 4.92. The lowest BCUT2D eigenvalue weighted by Crippen LogP contribution is -2.15. The van der Waals surface area contributed by atoms with E-state index in [1.54, 1.807) is 19.1 Å². The molecule has 0 fully saturated rings. The normalized spacial score (nSPS) is 12.0. The quantitative estimate of drug-likeness (QED) is 0.635. The molecule has 0 atom stereocenters. The van der Waals surface area contributed by atoms with Crippen LogP contribution >= 0.6 is 0 Å². The van der Waals surface area contributed by atoms with Crippen LogP contribution in [0.4, 0.5) is 5.69 Å². The second-order valence-corrected chi connectivity index (χ2v) is 6.89. The molecule has 1 aromatic carbocycles. The van der Waals surface area contributed by atoms with E-state index in [1.165, 1.54) is 6.07 Å². The molecule has 1 aromatic rings. The molecule has 0 radical (unpaired) electrons. The van der Waals surface area contributed by atoms with Crippen LogP contribution in [0.5, 0.6) is 0 Å². The van der Waals surface area contributed by atoms with E-state index < -0.39 is 9.84 Å². The van der Waals surface area contributed by atoms with Crippen molar-refractivity contribution in [1.82, 2.24) is 0 Å². The van der Waals surface area contributed by atoms with E-state index in [-0.39, 0.29) is 12.4 Å². The third-order valence-corrected chi connectivity index (χ3v) is 4.31. The van der Waals surface area contributed by atoms with Crippen molar-refractivity contribution in [3.8, 4) is 0 Å². The summed E-state index contributed by atoms with van der Waals surface area (Å²) in [6.45, 7) is 6.61. The Morgan fingerprint density at radius 1 is 1.33 bits per heavy atom. The number of sulfone groups is 1. The highest BCUT2D eigenvalue weighted by Gasteiger charge is 2.17. The van der Waals surface area contributed by atoms with Crippen molar-refractivity contribution < 1.29 is 13.2 Å². The number of anilines is 1. The molecule has 5 heteroatoms. The lowest BCUT2D eigenvalue weighted by atomic mass is 10.2. The van der Waals surface area contributed by atoms with E-state index in [1.807, 2.05) is 13.8 Å². The standard InChI is InChI=1S/C13H21NO3S/c1-10(2)9-17-6-7-18(15,16)13-8-12(14)5-4-11(13)3/h4-5,8,10H,6-7,9,14H2,1-3H3. The van der Waals surface area contributed by atoms with Gasteiger partial charge in [0.05, 0.1) is 17.3 Å². The predicted molar refractivity (Wildman–Crippen MR) is 73.3 cm³/mol. The molecule has 0 unspecified atom stereocenters. The highest BCUT2D eigenvalue weighted by Crippen LogP contribution is 2.19. The van der Waals surface area contributed by atoms with Gasteiger partial charge in [-0.15, -0.1) is 0 Å². The molecule has 0 aliphatic carbocycles. The number of nitrogens with two attached hydrogens (primary N) is 1. The molecule has 0 saturated carbocycles. The van der Waals surface area contributed by atoms with Crippen molar-refractivity contribution in [2.45, 2.75) is 25.7 Å². The van der Waals surface area contributed by atoms with Crippen molar-refractivity contribution >= 4 is 15.5 Å². The number of rotatable bonds is 6. The van der Waals surface area contributed by atoms with E-state index in [0.717, 1.165) is 0 Å². The van der Waals surface area contributed by atoms with E-state index in [9.17, 15) is 8.42 Å². The van der Waals surface area contributed by atoms with Gasteiger partial charge in [0, 0.05) is 12.3 Å². The van der Waals surface area contributed by atoms with E-state index >= 15 is 0 Å². The molecule has 0 heterocycles. The summed E-state index contributed by atoms with van der Waals surface area (Å²) in [5.74, 6) is 0.395. The van der Waals surface area contributed by atoms with Gasteiger partial charge in [-0.3, -0.25) is 0 Å². The van der Waals surface area contributed by atoms with Gasteiger partial charge in [0.25, 0.3) is 0 Å². The first-order valence-corrected chi connectivity index (χ1v) is 7.65. The minimum Gasteiger partial charge on any atom is -0.399 e. The third-order valence-electron chi connectivity index (χ3n) is 2.49. The van der Waals surface area contributed by atoms with Gasteiger partial charge in [-0.25, -0.2) is 8.42 Å². The first-order chi connectivity index (χ1) is 8.33. The van der Waals surface area contributed by atoms with Crippen molar-refractivity contribution in [1.29, 1.82) is 0 Å². The number of benzene rings is 1. The van der Waals surface area contributed by atoms with Crippen LogP contribution in [0.3, 0.4) is 0 Å². The molecule has 4 nitrogen and oxygen atoms in total. The van der Waals surface area contributed by atoms with Gasteiger partial charge in [0.1, 0.15) is 0 Å². The molecule has 2 N–H and O–H groups in total. The molecule has 0 aliphatic rings. The van der Waals surface area contributed by atoms with Crippen LogP contribution in [0.2, 0.25) is 0 Å². The molecular weight excluding hydrogens is 250 g/mol. The SMILES string of the molecule is Cc1ccc(N)cc1S(=O)(=O)CCOCC(C)C. The summed E-state index contributed by atoms with van der Waals surface area (Å²) in [5.41, 5.74) is 6.80. The van der Waals surface area contributed by atoms with Crippen molar-refractivity contribution in [2.24, 2.45) is 5.92 Å². The van der Waals surface area contributed by atoms with Crippen molar-refractivity contribution in [3.63, 3.8) is 0 Å². The maximum absolute atomic E-state index is 12.1. The first-order valence-electron chi connectivity index (χ1n) is 5.99. The molecule has 0 saturated heterocycles. The fourth-order valence-electron chi connectivity index (χ4n) is 1.55. The smallest absolute Gasteiger partial charge is 0.180 e. The fourth-order valence-corrected chi connectivity index (χ4v) is 2.98. The van der Waals surface area contributed by atoms with Crippen LogP contribution in [0, 0.1) is 12.8 Å². The Hall–Kier alpha value is -1.07. The molecule has 0 bridgehead atoms. The summed E-state index contributed by atoms with van der Waals surface area (Å²) < 4.78 is 29.5. The average Bonchev–Trinajstić information content (AvgIpc) is 2.27. The average molecular weight is 271 g/mol. The van der Waals surface area contributed by atoms with Gasteiger partial charge in [0.2, 0.25) is 0 Å². The highest BCUT2D eigenvalue weighted by atomic mass is 32.2. The van der Waals surface area contributed by atoms with Crippen LogP contribution in [0.25, 0.3) is 0 Å². The molecule has 0 amide bonds. The fraction of sp³-hybridized carbons (Fsp3) is 0.538. The molecule has 1 rings (SSSR count). The zero-order valence-corrected chi connectivity index (χ0v) is 12.0. The Morgan fingerprint density at radius 3 is 2.61 bits per heavy atom. The van der Waals surface area contributed by atoms with E-state index in [2.05, 4.69) is 0 Å². The molecule has 0 aliphatic heterocycles. The second kappa shape index (κ2) is 6.20. The summed E-state index contributed by atoms with van der Waals surface area (Å²) in [6.07, 6.45) is 0. The number of hydrogen-bond donors (Lipinski definition) is 1. The highest BCUT2D eigenvalue weighted by molar-refractivity contribution is 7.91. The number of nitrogen functional groups attached to an aromatic ring is 1. The topological polar surface area (TPSA) is 69.4 Å². The van der Waals surface area contributed by atoms with Crippen molar-refractivity contribution in [2.75, 3.05) is 24.7 Å². The van der Waals surface area contributed by atoms with Gasteiger partial charge in [-0.1, -0.05) is 19.9 Å². The summed E-state index contributed by atoms with van der Waals surface area (Å²) in [4.78, 5) is 0.302. The maximum atomic E-state index is 12.1. The summed E-state index contributed by atoms with van der Waals surface area (Å²) in [5, 5.41) is 0. The molecular formula is C13H21NO3S. The minimum atomic E-state index is -3.32. The second-order valence-electron chi connectivity index (χ2n) is 4.81. The molecule has 0 spiro atoms. The zero-order valence-electron chi connectivity index (χ0n) is 11.1. The van der Waals surface area contributed by atoms with Gasteiger partial charge in [0.15, 0.2) is 9.84 Å². The Morgan fingerprint density at radius 2 is 2.00 bits per heavy atom. The van der Waals surface area contributed by atoms with Crippen molar-refractivity contribution in [3.05, 3.63) is 23.8 Å². The number of ether oxygens (including phenoxy) is 1.